The van der Waals surface area contributed by atoms with Gasteiger partial charge < -0.3 is 30.2 Å². The highest BCUT2D eigenvalue weighted by molar-refractivity contribution is 5.75. The molecule has 2 fully saturated rings. The molecule has 4 aliphatic heterocycles. The maximum Gasteiger partial charge on any atom is 0.219 e. The van der Waals surface area contributed by atoms with Gasteiger partial charge in [-0.05, 0) is 26.0 Å². The summed E-state index contributed by atoms with van der Waals surface area (Å²) in [6.45, 7) is 10.9. The fraction of sp³-hybridized carbons (Fsp3) is 0.364. The third-order valence-electron chi connectivity index (χ3n) is 11.9. The number of halogens is 2. The van der Waals surface area contributed by atoms with E-state index in [1.54, 1.807) is 73.0 Å². The number of hydrogen-bond donors (Lipinski definition) is 2. The largest absolute Gasteiger partial charge is 0.378 e. The summed E-state index contributed by atoms with van der Waals surface area (Å²) in [6.07, 6.45) is 11.6. The molecule has 2 unspecified atom stereocenters. The molecule has 6 aromatic heterocycles. The number of amides is 2. The molecule has 6 aromatic rings. The van der Waals surface area contributed by atoms with Gasteiger partial charge in [0.05, 0.1) is 35.6 Å². The van der Waals surface area contributed by atoms with E-state index in [-0.39, 0.29) is 41.8 Å². The van der Waals surface area contributed by atoms with E-state index >= 15 is 0 Å². The number of fused-ring (bicyclic) bond motifs is 2. The summed E-state index contributed by atoms with van der Waals surface area (Å²) in [6, 6.07) is 9.63. The number of carbonyl (C=O) groups excluding carboxylic acids is 2. The lowest BCUT2D eigenvalue weighted by Gasteiger charge is -2.40. The number of likely N-dealkylation sites (tertiary alicyclic amines) is 2. The zero-order valence-electron chi connectivity index (χ0n) is 35.7. The van der Waals surface area contributed by atoms with Gasteiger partial charge >= 0.3 is 0 Å². The molecule has 2 atom stereocenters. The van der Waals surface area contributed by atoms with Gasteiger partial charge in [-0.25, -0.2) is 54.2 Å². The summed E-state index contributed by atoms with van der Waals surface area (Å²) in [5, 5.41) is 6.54. The van der Waals surface area contributed by atoms with Gasteiger partial charge in [0.1, 0.15) is 23.3 Å². The Morgan fingerprint density at radius 2 is 1.08 bits per heavy atom. The highest BCUT2D eigenvalue weighted by Gasteiger charge is 2.32. The first kappa shape index (κ1) is 41.9. The quantitative estimate of drug-likeness (QED) is 0.203. The van der Waals surface area contributed by atoms with Crippen LogP contribution in [0, 0.1) is 11.8 Å². The molecule has 64 heavy (non-hydrogen) atoms. The van der Waals surface area contributed by atoms with Crippen LogP contribution in [0.4, 0.5) is 31.9 Å². The normalized spacial score (nSPS) is 18.2. The Hall–Kier alpha value is -7.38. The SMILES string of the molecule is CC(=O)N1CC(Nc2cc(F)cc(N3CCc4nc(-c5ncccn5)ncc4C3C)n2)C1.CC(=O)N1CC(Nc2cc(F)nc(N3CCc4nc(-c5ncccn5)ncc4C3C)c2)C1. The predicted molar refractivity (Wildman–Crippen MR) is 233 cm³/mol. The van der Waals surface area contributed by atoms with Crippen LogP contribution in [0.2, 0.25) is 0 Å². The van der Waals surface area contributed by atoms with Gasteiger partial charge in [0, 0.05) is 144 Å². The molecule has 0 radical (unpaired) electrons. The molecule has 328 valence electrons. The van der Waals surface area contributed by atoms with Crippen molar-refractivity contribution in [2.24, 2.45) is 0 Å². The topological polar surface area (TPSA) is 200 Å². The number of carbonyl (C=O) groups is 2. The minimum atomic E-state index is -0.543. The van der Waals surface area contributed by atoms with Crippen LogP contribution >= 0.6 is 0 Å². The lowest BCUT2D eigenvalue weighted by Crippen LogP contribution is -2.56. The molecule has 0 aliphatic carbocycles. The van der Waals surface area contributed by atoms with Gasteiger partial charge in [0.15, 0.2) is 23.3 Å². The standard InChI is InChI=1S/2C22H23FN8O/c1-13-17-10-26-22(21-24-5-3-6-25-21)28-18(17)4-7-31(13)20-9-15(8-19(23)29-20)27-16-11-30(12-16)14(2)32;1-13-17-10-26-22(21-24-5-3-6-25-21)28-18(17)4-7-31(13)20-9-15(23)8-19(29-20)27-16-11-30(12-16)14(2)32/h2*3,5-6,8-10,13,16H,4,7,11-12H2,1-2H3,(H,27,29). The van der Waals surface area contributed by atoms with Crippen LogP contribution in [0.1, 0.15) is 62.3 Å². The zero-order valence-corrected chi connectivity index (χ0v) is 35.7. The molecule has 20 heteroatoms. The van der Waals surface area contributed by atoms with E-state index in [0.29, 0.717) is 98.5 Å². The fourth-order valence-corrected chi connectivity index (χ4v) is 8.31. The van der Waals surface area contributed by atoms with Gasteiger partial charge in [0.2, 0.25) is 17.8 Å². The molecule has 4 aliphatic rings. The number of aromatic nitrogens is 10. The molecular weight excluding hydrogens is 823 g/mol. The summed E-state index contributed by atoms with van der Waals surface area (Å²) in [7, 11) is 0. The molecule has 10 heterocycles. The van der Waals surface area contributed by atoms with Crippen molar-refractivity contribution < 1.29 is 18.4 Å². The van der Waals surface area contributed by atoms with Crippen LogP contribution < -0.4 is 20.4 Å². The van der Waals surface area contributed by atoms with Crippen LogP contribution in [0.5, 0.6) is 0 Å². The third kappa shape index (κ3) is 8.93. The highest BCUT2D eigenvalue weighted by atomic mass is 19.1. The Kier molecular flexibility index (Phi) is 11.6. The lowest BCUT2D eigenvalue weighted by atomic mass is 9.99. The fourth-order valence-electron chi connectivity index (χ4n) is 8.31. The van der Waals surface area contributed by atoms with E-state index in [1.165, 1.54) is 18.2 Å². The Morgan fingerprint density at radius 1 is 0.594 bits per heavy atom. The van der Waals surface area contributed by atoms with Gasteiger partial charge in [-0.3, -0.25) is 9.59 Å². The van der Waals surface area contributed by atoms with Crippen LogP contribution in [0.3, 0.4) is 0 Å². The second kappa shape index (κ2) is 17.8. The second-order valence-corrected chi connectivity index (χ2v) is 16.2. The number of rotatable bonds is 8. The first-order valence-corrected chi connectivity index (χ1v) is 21.1. The first-order chi connectivity index (χ1) is 30.9. The number of hydrogen-bond acceptors (Lipinski definition) is 16. The first-order valence-electron chi connectivity index (χ1n) is 21.1. The summed E-state index contributed by atoms with van der Waals surface area (Å²) in [4.78, 5) is 74.3. The number of anilines is 4. The Labute approximate surface area is 367 Å². The lowest BCUT2D eigenvalue weighted by molar-refractivity contribution is -0.133. The Balaban J connectivity index is 0.000000162. The van der Waals surface area contributed by atoms with E-state index in [2.05, 4.69) is 70.3 Å². The Bertz CT molecular complexity index is 2490. The molecule has 2 N–H and O–H groups in total. The molecule has 18 nitrogen and oxygen atoms in total. The molecule has 2 saturated heterocycles. The van der Waals surface area contributed by atoms with Crippen LogP contribution in [-0.4, -0.2) is 123 Å². The average molecular weight is 869 g/mol. The molecule has 10 rings (SSSR count). The van der Waals surface area contributed by atoms with Crippen molar-refractivity contribution >= 4 is 35.0 Å². The molecule has 0 spiro atoms. The van der Waals surface area contributed by atoms with Crippen molar-refractivity contribution in [2.45, 2.75) is 64.7 Å². The highest BCUT2D eigenvalue weighted by Crippen LogP contribution is 2.35. The van der Waals surface area contributed by atoms with Crippen molar-refractivity contribution in [3.63, 3.8) is 0 Å². The third-order valence-corrected chi connectivity index (χ3v) is 11.9. The maximum atomic E-state index is 14.4. The number of nitrogens with zero attached hydrogens (tertiary/aromatic N) is 14. The predicted octanol–water partition coefficient (Wildman–Crippen LogP) is 4.47. The van der Waals surface area contributed by atoms with Crippen molar-refractivity contribution in [3.8, 4) is 23.3 Å². The van der Waals surface area contributed by atoms with Crippen molar-refractivity contribution in [2.75, 3.05) is 59.7 Å². The second-order valence-electron chi connectivity index (χ2n) is 16.2. The van der Waals surface area contributed by atoms with Crippen LogP contribution in [0.25, 0.3) is 23.3 Å². The molecule has 2 amide bonds. The molecule has 0 saturated carbocycles. The van der Waals surface area contributed by atoms with E-state index in [1.807, 2.05) is 19.9 Å². The summed E-state index contributed by atoms with van der Waals surface area (Å²) < 4.78 is 28.8. The summed E-state index contributed by atoms with van der Waals surface area (Å²) in [5.41, 5.74) is 4.51. The van der Waals surface area contributed by atoms with Crippen molar-refractivity contribution in [1.82, 2.24) is 59.6 Å². The van der Waals surface area contributed by atoms with E-state index in [4.69, 9.17) is 0 Å². The minimum absolute atomic E-state index is 0.0425. The zero-order chi connectivity index (χ0) is 44.5. The van der Waals surface area contributed by atoms with E-state index < -0.39 is 5.95 Å². The van der Waals surface area contributed by atoms with Gasteiger partial charge in [-0.15, -0.1) is 0 Å². The summed E-state index contributed by atoms with van der Waals surface area (Å²) in [5.74, 6) is 2.77. The van der Waals surface area contributed by atoms with E-state index in [9.17, 15) is 18.4 Å². The molecular formula is C44H46F2N16O2. The maximum absolute atomic E-state index is 14.4. The molecule has 0 aromatic carbocycles. The average Bonchev–Trinajstić information content (AvgIpc) is 3.26. The number of nitrogens with one attached hydrogen (secondary N) is 2. The van der Waals surface area contributed by atoms with Crippen molar-refractivity contribution in [1.29, 1.82) is 0 Å². The minimum Gasteiger partial charge on any atom is -0.378 e. The monoisotopic (exact) mass is 868 g/mol. The van der Waals surface area contributed by atoms with Crippen LogP contribution in [-0.2, 0) is 22.4 Å². The smallest absolute Gasteiger partial charge is 0.219 e. The van der Waals surface area contributed by atoms with Gasteiger partial charge in [-0.2, -0.15) is 4.39 Å². The van der Waals surface area contributed by atoms with Gasteiger partial charge in [-0.1, -0.05) is 0 Å². The molecule has 0 bridgehead atoms. The van der Waals surface area contributed by atoms with E-state index in [0.717, 1.165) is 22.5 Å². The number of pyridine rings is 2. The van der Waals surface area contributed by atoms with Crippen molar-refractivity contribution in [3.05, 3.63) is 108 Å². The summed E-state index contributed by atoms with van der Waals surface area (Å²) >= 11 is 0. The Morgan fingerprint density at radius 3 is 1.58 bits per heavy atom. The van der Waals surface area contributed by atoms with Crippen LogP contribution in [0.15, 0.2) is 73.6 Å². The van der Waals surface area contributed by atoms with Gasteiger partial charge in [0.25, 0.3) is 0 Å².